The fourth-order valence-electron chi connectivity index (χ4n) is 2.83. The molecule has 0 saturated carbocycles. The smallest absolute Gasteiger partial charge is 0.251 e. The first-order chi connectivity index (χ1) is 12.9. The first-order valence-electron chi connectivity index (χ1n) is 8.71. The molecule has 2 N–H and O–H groups in total. The van der Waals surface area contributed by atoms with Gasteiger partial charge in [0.05, 0.1) is 17.9 Å². The van der Waals surface area contributed by atoms with Crippen molar-refractivity contribution < 1.29 is 9.59 Å². The Morgan fingerprint density at radius 2 is 1.74 bits per heavy atom. The van der Waals surface area contributed by atoms with E-state index in [9.17, 15) is 9.59 Å². The van der Waals surface area contributed by atoms with Crippen LogP contribution in [0.2, 0.25) is 0 Å². The molecule has 2 amide bonds. The van der Waals surface area contributed by atoms with E-state index >= 15 is 0 Å². The molecular formula is C21H22N4O2. The molecular weight excluding hydrogens is 340 g/mol. The number of carbonyl (C=O) groups is 2. The minimum Gasteiger partial charge on any atom is -0.343 e. The van der Waals surface area contributed by atoms with Crippen LogP contribution in [0.3, 0.4) is 0 Å². The summed E-state index contributed by atoms with van der Waals surface area (Å²) < 4.78 is 1.85. The van der Waals surface area contributed by atoms with E-state index in [0.29, 0.717) is 11.3 Å². The third-order valence-electron chi connectivity index (χ3n) is 4.09. The maximum atomic E-state index is 12.1. The fourth-order valence-corrected chi connectivity index (χ4v) is 2.83. The third kappa shape index (κ3) is 4.61. The van der Waals surface area contributed by atoms with Crippen molar-refractivity contribution in [2.75, 3.05) is 11.9 Å². The zero-order chi connectivity index (χ0) is 19.4. The molecule has 0 atom stereocenters. The van der Waals surface area contributed by atoms with Gasteiger partial charge in [-0.1, -0.05) is 17.7 Å². The molecule has 6 heteroatoms. The van der Waals surface area contributed by atoms with Crippen LogP contribution in [0.4, 0.5) is 5.69 Å². The van der Waals surface area contributed by atoms with Gasteiger partial charge in [0.2, 0.25) is 5.91 Å². The number of rotatable bonds is 5. The van der Waals surface area contributed by atoms with Gasteiger partial charge in [-0.05, 0) is 63.2 Å². The van der Waals surface area contributed by atoms with Gasteiger partial charge in [0, 0.05) is 16.9 Å². The van der Waals surface area contributed by atoms with Gasteiger partial charge in [-0.25, -0.2) is 4.68 Å². The van der Waals surface area contributed by atoms with Crippen LogP contribution < -0.4 is 10.6 Å². The predicted octanol–water partition coefficient (Wildman–Crippen LogP) is 3.17. The molecule has 0 fully saturated rings. The molecule has 0 unspecified atom stereocenters. The van der Waals surface area contributed by atoms with Crippen LogP contribution >= 0.6 is 0 Å². The van der Waals surface area contributed by atoms with Gasteiger partial charge in [0.15, 0.2) is 0 Å². The Labute approximate surface area is 158 Å². The molecule has 1 heterocycles. The lowest BCUT2D eigenvalue weighted by Crippen LogP contribution is -2.32. The van der Waals surface area contributed by atoms with E-state index in [4.69, 9.17) is 0 Å². The van der Waals surface area contributed by atoms with Crippen LogP contribution in [0.1, 0.15) is 27.3 Å². The van der Waals surface area contributed by atoms with E-state index in [1.54, 1.807) is 12.1 Å². The highest BCUT2D eigenvalue weighted by Crippen LogP contribution is 2.15. The van der Waals surface area contributed by atoms with Crippen LogP contribution in [0, 0.1) is 20.8 Å². The Balaban J connectivity index is 1.56. The number of aryl methyl sites for hydroxylation is 3. The summed E-state index contributed by atoms with van der Waals surface area (Å²) in [6, 6.07) is 16.6. The quantitative estimate of drug-likeness (QED) is 0.732. The molecule has 0 aliphatic carbocycles. The number of anilines is 1. The summed E-state index contributed by atoms with van der Waals surface area (Å²) in [7, 11) is 0. The number of nitrogens with one attached hydrogen (secondary N) is 2. The standard InChI is InChI=1S/C21H22N4O2/c1-14-5-4-6-17(11-14)21(27)22-13-20(26)23-18-7-9-19(10-8-18)25-16(3)12-15(2)24-25/h4-12H,13H2,1-3H3,(H,22,27)(H,23,26). The molecule has 0 spiro atoms. The SMILES string of the molecule is Cc1cccc(C(=O)NCC(=O)Nc2ccc(-n3nc(C)cc3C)cc2)c1. The maximum absolute atomic E-state index is 12.1. The zero-order valence-corrected chi connectivity index (χ0v) is 15.6. The minimum atomic E-state index is -0.283. The molecule has 27 heavy (non-hydrogen) atoms. The van der Waals surface area contributed by atoms with Crippen molar-refractivity contribution in [1.82, 2.24) is 15.1 Å². The Hall–Kier alpha value is -3.41. The van der Waals surface area contributed by atoms with Crippen molar-refractivity contribution in [3.63, 3.8) is 0 Å². The molecule has 138 valence electrons. The second-order valence-electron chi connectivity index (χ2n) is 6.49. The summed E-state index contributed by atoms with van der Waals surface area (Å²) in [6.07, 6.45) is 0. The average Bonchev–Trinajstić information content (AvgIpc) is 2.98. The fraction of sp³-hybridized carbons (Fsp3) is 0.190. The van der Waals surface area contributed by atoms with E-state index in [2.05, 4.69) is 15.7 Å². The number of nitrogens with zero attached hydrogens (tertiary/aromatic N) is 2. The van der Waals surface area contributed by atoms with Gasteiger partial charge in [0.25, 0.3) is 5.91 Å². The van der Waals surface area contributed by atoms with E-state index in [1.165, 1.54) is 0 Å². The molecule has 2 aromatic carbocycles. The topological polar surface area (TPSA) is 76.0 Å². The Morgan fingerprint density at radius 1 is 1.00 bits per heavy atom. The van der Waals surface area contributed by atoms with Crippen LogP contribution in [-0.4, -0.2) is 28.1 Å². The number of carbonyl (C=O) groups excluding carboxylic acids is 2. The highest BCUT2D eigenvalue weighted by atomic mass is 16.2. The Morgan fingerprint density at radius 3 is 2.37 bits per heavy atom. The lowest BCUT2D eigenvalue weighted by molar-refractivity contribution is -0.115. The average molecular weight is 362 g/mol. The summed E-state index contributed by atoms with van der Waals surface area (Å²) in [5.41, 5.74) is 5.12. The van der Waals surface area contributed by atoms with Gasteiger partial charge in [-0.2, -0.15) is 5.10 Å². The number of amides is 2. The van der Waals surface area contributed by atoms with E-state index in [-0.39, 0.29) is 18.4 Å². The second kappa shape index (κ2) is 7.86. The lowest BCUT2D eigenvalue weighted by Gasteiger charge is -2.09. The molecule has 3 aromatic rings. The van der Waals surface area contributed by atoms with E-state index in [0.717, 1.165) is 22.6 Å². The second-order valence-corrected chi connectivity index (χ2v) is 6.49. The molecule has 6 nitrogen and oxygen atoms in total. The van der Waals surface area contributed by atoms with Gasteiger partial charge < -0.3 is 10.6 Å². The number of hydrogen-bond acceptors (Lipinski definition) is 3. The van der Waals surface area contributed by atoms with Crippen molar-refractivity contribution in [2.24, 2.45) is 0 Å². The van der Waals surface area contributed by atoms with Crippen molar-refractivity contribution in [2.45, 2.75) is 20.8 Å². The molecule has 0 aliphatic rings. The zero-order valence-electron chi connectivity index (χ0n) is 15.6. The van der Waals surface area contributed by atoms with Crippen LogP contribution in [-0.2, 0) is 4.79 Å². The van der Waals surface area contributed by atoms with Crippen molar-refractivity contribution in [3.8, 4) is 5.69 Å². The number of hydrogen-bond donors (Lipinski definition) is 2. The first-order valence-corrected chi connectivity index (χ1v) is 8.71. The summed E-state index contributed by atoms with van der Waals surface area (Å²) >= 11 is 0. The normalized spacial score (nSPS) is 10.5. The first kappa shape index (κ1) is 18.4. The van der Waals surface area contributed by atoms with Crippen molar-refractivity contribution >= 4 is 17.5 Å². The van der Waals surface area contributed by atoms with Gasteiger partial charge in [-0.3, -0.25) is 9.59 Å². The lowest BCUT2D eigenvalue weighted by atomic mass is 10.1. The summed E-state index contributed by atoms with van der Waals surface area (Å²) in [6.45, 7) is 5.76. The minimum absolute atomic E-state index is 0.0913. The van der Waals surface area contributed by atoms with Gasteiger partial charge in [0.1, 0.15) is 0 Å². The molecule has 0 saturated heterocycles. The molecule has 1 aromatic heterocycles. The van der Waals surface area contributed by atoms with Gasteiger partial charge >= 0.3 is 0 Å². The van der Waals surface area contributed by atoms with E-state index < -0.39 is 0 Å². The van der Waals surface area contributed by atoms with Gasteiger partial charge in [-0.15, -0.1) is 0 Å². The van der Waals surface area contributed by atoms with Crippen LogP contribution in [0.25, 0.3) is 5.69 Å². The largest absolute Gasteiger partial charge is 0.343 e. The maximum Gasteiger partial charge on any atom is 0.251 e. The number of benzene rings is 2. The summed E-state index contributed by atoms with van der Waals surface area (Å²) in [5.74, 6) is -0.552. The van der Waals surface area contributed by atoms with Crippen molar-refractivity contribution in [3.05, 3.63) is 77.1 Å². The van der Waals surface area contributed by atoms with Crippen molar-refractivity contribution in [1.29, 1.82) is 0 Å². The Bertz CT molecular complexity index is 974. The summed E-state index contributed by atoms with van der Waals surface area (Å²) in [4.78, 5) is 24.2. The van der Waals surface area contributed by atoms with E-state index in [1.807, 2.05) is 67.9 Å². The van der Waals surface area contributed by atoms with Crippen LogP contribution in [0.15, 0.2) is 54.6 Å². The summed E-state index contributed by atoms with van der Waals surface area (Å²) in [5, 5.41) is 9.84. The Kier molecular flexibility index (Phi) is 5.35. The van der Waals surface area contributed by atoms with Crippen LogP contribution in [0.5, 0.6) is 0 Å². The monoisotopic (exact) mass is 362 g/mol. The number of aromatic nitrogens is 2. The third-order valence-corrected chi connectivity index (χ3v) is 4.09. The molecule has 0 aliphatic heterocycles. The molecule has 0 bridgehead atoms. The highest BCUT2D eigenvalue weighted by Gasteiger charge is 2.09. The predicted molar refractivity (Wildman–Crippen MR) is 105 cm³/mol. The molecule has 3 rings (SSSR count). The molecule has 0 radical (unpaired) electrons. The highest BCUT2D eigenvalue weighted by molar-refractivity contribution is 5.99.